The number of thiazole rings is 1. The summed E-state index contributed by atoms with van der Waals surface area (Å²) in [5.74, 6) is -1.12. The smallest absolute Gasteiger partial charge is 0.416 e. The van der Waals surface area contributed by atoms with Crippen LogP contribution in [-0.4, -0.2) is 76.0 Å². The molecule has 1 aliphatic carbocycles. The Kier molecular flexibility index (Phi) is 8.16. The maximum atomic E-state index is 13.3. The second-order valence-electron chi connectivity index (χ2n) is 12.3. The topological polar surface area (TPSA) is 111 Å². The molecule has 0 radical (unpaired) electrons. The first kappa shape index (κ1) is 30.6. The van der Waals surface area contributed by atoms with E-state index in [1.165, 1.54) is 23.0 Å². The SMILES string of the molecule is O=C(O)c1cc(CN2CCN(CCC3CC3C(=O)Nc3nc4ccc(-c5ccc6c(c5)NCC6)nc4s3)CC2)cc(C(F)(F)F)c1. The van der Waals surface area contributed by atoms with E-state index in [1.807, 2.05) is 17.0 Å². The Balaban J connectivity index is 0.874. The predicted molar refractivity (Wildman–Crippen MR) is 170 cm³/mol. The van der Waals surface area contributed by atoms with Gasteiger partial charge in [0.05, 0.1) is 16.8 Å². The molecule has 13 heteroatoms. The van der Waals surface area contributed by atoms with Gasteiger partial charge in [-0.1, -0.05) is 23.5 Å². The maximum absolute atomic E-state index is 13.3. The van der Waals surface area contributed by atoms with Gasteiger partial charge in [-0.05, 0) is 79.3 Å². The highest BCUT2D eigenvalue weighted by Gasteiger charge is 2.43. The van der Waals surface area contributed by atoms with Gasteiger partial charge in [0.25, 0.3) is 0 Å². The average Bonchev–Trinajstić information content (AvgIpc) is 3.46. The lowest BCUT2D eigenvalue weighted by Crippen LogP contribution is -2.46. The van der Waals surface area contributed by atoms with Crippen molar-refractivity contribution in [2.75, 3.05) is 49.9 Å². The van der Waals surface area contributed by atoms with E-state index in [0.717, 1.165) is 78.8 Å². The summed E-state index contributed by atoms with van der Waals surface area (Å²) in [4.78, 5) is 38.9. The molecule has 0 bridgehead atoms. The number of anilines is 2. The van der Waals surface area contributed by atoms with Crippen molar-refractivity contribution in [1.82, 2.24) is 19.8 Å². The fourth-order valence-corrected chi connectivity index (χ4v) is 7.26. The summed E-state index contributed by atoms with van der Waals surface area (Å²) in [5, 5.41) is 16.2. The number of carbonyl (C=O) groups excluding carboxylic acids is 1. The largest absolute Gasteiger partial charge is 0.478 e. The van der Waals surface area contributed by atoms with Crippen molar-refractivity contribution in [3.8, 4) is 11.3 Å². The van der Waals surface area contributed by atoms with Gasteiger partial charge in [0.2, 0.25) is 5.91 Å². The minimum absolute atomic E-state index is 0.0133. The fourth-order valence-electron chi connectivity index (χ4n) is 6.42. The van der Waals surface area contributed by atoms with Crippen molar-refractivity contribution in [1.29, 1.82) is 0 Å². The molecule has 46 heavy (non-hydrogen) atoms. The predicted octanol–water partition coefficient (Wildman–Crippen LogP) is 5.83. The highest BCUT2D eigenvalue weighted by Crippen LogP contribution is 2.42. The average molecular weight is 651 g/mol. The van der Waals surface area contributed by atoms with Gasteiger partial charge in [0.1, 0.15) is 10.3 Å². The van der Waals surface area contributed by atoms with E-state index in [2.05, 4.69) is 38.7 Å². The van der Waals surface area contributed by atoms with Gasteiger partial charge >= 0.3 is 12.1 Å². The molecule has 2 atom stereocenters. The molecule has 1 saturated heterocycles. The summed E-state index contributed by atoms with van der Waals surface area (Å²) < 4.78 is 39.8. The molecule has 3 aliphatic rings. The number of aromatic carboxylic acids is 1. The summed E-state index contributed by atoms with van der Waals surface area (Å²) in [6.07, 6.45) is -1.83. The highest BCUT2D eigenvalue weighted by molar-refractivity contribution is 7.22. The molecule has 2 aromatic carbocycles. The van der Waals surface area contributed by atoms with Crippen molar-refractivity contribution >= 4 is 44.4 Å². The lowest BCUT2D eigenvalue weighted by molar-refractivity contribution is -0.137. The number of fused-ring (bicyclic) bond motifs is 2. The van der Waals surface area contributed by atoms with Crippen molar-refractivity contribution < 1.29 is 27.9 Å². The number of hydrogen-bond acceptors (Lipinski definition) is 8. The zero-order valence-corrected chi connectivity index (χ0v) is 25.8. The molecule has 1 amide bonds. The van der Waals surface area contributed by atoms with Gasteiger partial charge in [-0.25, -0.2) is 14.8 Å². The number of alkyl halides is 3. The zero-order valence-electron chi connectivity index (χ0n) is 24.9. The minimum atomic E-state index is -4.60. The number of benzene rings is 2. The van der Waals surface area contributed by atoms with Gasteiger partial charge in [-0.2, -0.15) is 13.2 Å². The first-order valence-corrected chi connectivity index (χ1v) is 16.3. The van der Waals surface area contributed by atoms with Crippen LogP contribution >= 0.6 is 11.3 Å². The Labute approximate surface area is 267 Å². The Hall–Kier alpha value is -4.07. The fraction of sp³-hybridized carbons (Fsp3) is 0.394. The quantitative estimate of drug-likeness (QED) is 0.208. The number of rotatable bonds is 9. The molecule has 240 valence electrons. The minimum Gasteiger partial charge on any atom is -0.478 e. The number of nitrogens with zero attached hydrogens (tertiary/aromatic N) is 4. The zero-order chi connectivity index (χ0) is 32.0. The maximum Gasteiger partial charge on any atom is 0.416 e. The molecule has 4 aromatic rings. The lowest BCUT2D eigenvalue weighted by Gasteiger charge is -2.35. The number of amides is 1. The van der Waals surface area contributed by atoms with Crippen LogP contribution < -0.4 is 10.6 Å². The van der Waals surface area contributed by atoms with Crippen LogP contribution in [0.2, 0.25) is 0 Å². The highest BCUT2D eigenvalue weighted by atomic mass is 32.1. The van der Waals surface area contributed by atoms with E-state index in [-0.39, 0.29) is 23.9 Å². The molecule has 3 N–H and O–H groups in total. The number of aromatic nitrogens is 2. The number of hydrogen-bond donors (Lipinski definition) is 3. The van der Waals surface area contributed by atoms with Crippen LogP contribution in [0.25, 0.3) is 21.6 Å². The van der Waals surface area contributed by atoms with E-state index in [0.29, 0.717) is 35.8 Å². The standard InChI is InChI=1S/C33H33F3N6O3S/c34-33(35,36)24-14-19(13-23(15-24)31(44)45)18-42-11-9-41(10-12-42)8-6-21-16-25(21)29(43)40-32-39-27-4-3-26(38-30(27)46-32)22-2-1-20-5-7-37-28(20)17-22/h1-4,13-15,17,21,25,37H,5-12,16,18H2,(H,44,45)(H,39,40,43). The van der Waals surface area contributed by atoms with Gasteiger partial charge < -0.3 is 20.6 Å². The molecule has 9 nitrogen and oxygen atoms in total. The van der Waals surface area contributed by atoms with E-state index in [1.54, 1.807) is 0 Å². The molecule has 2 aromatic heterocycles. The molecule has 7 rings (SSSR count). The molecule has 2 fully saturated rings. The first-order valence-electron chi connectivity index (χ1n) is 15.4. The first-order chi connectivity index (χ1) is 22.1. The Morgan fingerprint density at radius 3 is 2.61 bits per heavy atom. The lowest BCUT2D eigenvalue weighted by atomic mass is 10.0. The molecular weight excluding hydrogens is 617 g/mol. The summed E-state index contributed by atoms with van der Waals surface area (Å²) >= 11 is 1.38. The van der Waals surface area contributed by atoms with Crippen molar-refractivity contribution in [3.05, 3.63) is 70.8 Å². The van der Waals surface area contributed by atoms with Crippen molar-refractivity contribution in [3.63, 3.8) is 0 Å². The summed E-state index contributed by atoms with van der Waals surface area (Å²) in [7, 11) is 0. The van der Waals surface area contributed by atoms with Crippen LogP contribution in [0.4, 0.5) is 24.0 Å². The van der Waals surface area contributed by atoms with E-state index >= 15 is 0 Å². The molecular formula is C33H33F3N6O3S. The molecule has 1 saturated carbocycles. The van der Waals surface area contributed by atoms with Gasteiger partial charge in [-0.3, -0.25) is 9.69 Å². The number of pyridine rings is 1. The van der Waals surface area contributed by atoms with Crippen LogP contribution in [0.3, 0.4) is 0 Å². The third kappa shape index (κ3) is 6.72. The second-order valence-corrected chi connectivity index (χ2v) is 13.3. The van der Waals surface area contributed by atoms with Crippen LogP contribution in [0.1, 0.15) is 39.9 Å². The Bertz CT molecular complexity index is 1800. The Morgan fingerprint density at radius 1 is 1.02 bits per heavy atom. The van der Waals surface area contributed by atoms with Gasteiger partial charge in [0.15, 0.2) is 5.13 Å². The van der Waals surface area contributed by atoms with Gasteiger partial charge in [-0.15, -0.1) is 0 Å². The van der Waals surface area contributed by atoms with Crippen LogP contribution in [0, 0.1) is 11.8 Å². The van der Waals surface area contributed by atoms with Crippen LogP contribution in [-0.2, 0) is 23.9 Å². The summed E-state index contributed by atoms with van der Waals surface area (Å²) in [6.45, 7) is 4.93. The molecule has 0 spiro atoms. The number of nitrogens with one attached hydrogen (secondary N) is 2. The molecule has 2 unspecified atom stereocenters. The van der Waals surface area contributed by atoms with E-state index in [4.69, 9.17) is 4.98 Å². The van der Waals surface area contributed by atoms with Crippen LogP contribution in [0.15, 0.2) is 48.5 Å². The molecule has 2 aliphatic heterocycles. The summed E-state index contributed by atoms with van der Waals surface area (Å²) in [5.41, 5.74) is 4.19. The number of carboxylic acid groups (broad SMARTS) is 1. The number of piperazine rings is 1. The van der Waals surface area contributed by atoms with Crippen molar-refractivity contribution in [2.45, 2.75) is 32.0 Å². The van der Waals surface area contributed by atoms with Crippen LogP contribution in [0.5, 0.6) is 0 Å². The number of carboxylic acids is 1. The summed E-state index contributed by atoms with van der Waals surface area (Å²) in [6, 6.07) is 13.3. The van der Waals surface area contributed by atoms with Crippen molar-refractivity contribution in [2.24, 2.45) is 11.8 Å². The third-order valence-corrected chi connectivity index (χ3v) is 10.00. The van der Waals surface area contributed by atoms with Gasteiger partial charge in [0, 0.05) is 56.4 Å². The molecule has 4 heterocycles. The second kappa shape index (κ2) is 12.3. The number of carbonyl (C=O) groups is 2. The Morgan fingerprint density at radius 2 is 1.83 bits per heavy atom. The van der Waals surface area contributed by atoms with E-state index < -0.39 is 17.7 Å². The monoisotopic (exact) mass is 650 g/mol. The van der Waals surface area contributed by atoms with E-state index in [9.17, 15) is 27.9 Å². The number of halogens is 3. The third-order valence-electron chi connectivity index (χ3n) is 9.11. The normalized spacial score (nSPS) is 20.0.